The highest BCUT2D eigenvalue weighted by Crippen LogP contribution is 2.15. The molecule has 1 aliphatic rings. The van der Waals surface area contributed by atoms with E-state index in [0.29, 0.717) is 19.6 Å². The minimum absolute atomic E-state index is 0.290. The summed E-state index contributed by atoms with van der Waals surface area (Å²) in [5.41, 5.74) is 0. The molecule has 1 heterocycles. The van der Waals surface area contributed by atoms with Crippen LogP contribution in [-0.2, 0) is 10.2 Å². The third-order valence-corrected chi connectivity index (χ3v) is 6.06. The van der Waals surface area contributed by atoms with Crippen LogP contribution < -0.4 is 5.32 Å². The molecular weight excluding hydrogens is 288 g/mol. The Morgan fingerprint density at radius 3 is 2.52 bits per heavy atom. The van der Waals surface area contributed by atoms with Crippen molar-refractivity contribution in [3.05, 3.63) is 0 Å². The number of hydrogen-bond donors (Lipinski definition) is 1. The molecule has 1 unspecified atom stereocenters. The van der Waals surface area contributed by atoms with Gasteiger partial charge in [0.1, 0.15) is 0 Å². The second kappa shape index (κ2) is 9.05. The molecule has 0 spiro atoms. The van der Waals surface area contributed by atoms with Gasteiger partial charge in [0.25, 0.3) is 10.2 Å². The van der Waals surface area contributed by atoms with Crippen molar-refractivity contribution in [3.63, 3.8) is 0 Å². The number of likely N-dealkylation sites (N-methyl/N-ethyl adjacent to an activating group) is 1. The highest BCUT2D eigenvalue weighted by molar-refractivity contribution is 7.86. The van der Waals surface area contributed by atoms with E-state index >= 15 is 0 Å². The zero-order valence-electron chi connectivity index (χ0n) is 14.0. The third-order valence-electron chi connectivity index (χ3n) is 4.11. The van der Waals surface area contributed by atoms with Gasteiger partial charge in [-0.1, -0.05) is 13.8 Å². The second-order valence-corrected chi connectivity index (χ2v) is 7.80. The van der Waals surface area contributed by atoms with E-state index in [4.69, 9.17) is 0 Å². The van der Waals surface area contributed by atoms with Crippen LogP contribution in [0, 0.1) is 0 Å². The van der Waals surface area contributed by atoms with Gasteiger partial charge in [0, 0.05) is 39.3 Å². The van der Waals surface area contributed by atoms with Crippen molar-refractivity contribution in [1.82, 2.24) is 18.8 Å². The van der Waals surface area contributed by atoms with Gasteiger partial charge >= 0.3 is 0 Å². The standard InChI is InChI=1S/C14H32N4O2S/c1-5-8-15-9-7-10-16(4)21(19,20)18-12-11-17(6-2)14(3)13-18/h14-15H,5-13H2,1-4H3. The lowest BCUT2D eigenvalue weighted by molar-refractivity contribution is 0.131. The quantitative estimate of drug-likeness (QED) is 0.632. The van der Waals surface area contributed by atoms with E-state index in [1.807, 2.05) is 0 Å². The predicted octanol–water partition coefficient (Wildman–Crippen LogP) is 0.579. The molecule has 21 heavy (non-hydrogen) atoms. The molecular formula is C14H32N4O2S. The van der Waals surface area contributed by atoms with Crippen molar-refractivity contribution < 1.29 is 8.42 Å². The predicted molar refractivity (Wildman–Crippen MR) is 87.6 cm³/mol. The fourth-order valence-corrected chi connectivity index (χ4v) is 4.15. The van der Waals surface area contributed by atoms with E-state index in [2.05, 4.69) is 31.0 Å². The lowest BCUT2D eigenvalue weighted by atomic mass is 10.2. The van der Waals surface area contributed by atoms with Crippen molar-refractivity contribution in [2.75, 3.05) is 52.9 Å². The Kier molecular flexibility index (Phi) is 8.12. The Balaban J connectivity index is 2.44. The SMILES string of the molecule is CCCNCCCN(C)S(=O)(=O)N1CCN(CC)C(C)C1. The summed E-state index contributed by atoms with van der Waals surface area (Å²) in [6, 6.07) is 0.290. The minimum Gasteiger partial charge on any atom is -0.317 e. The average molecular weight is 321 g/mol. The molecule has 1 saturated heterocycles. The molecule has 0 aromatic carbocycles. The first kappa shape index (κ1) is 18.8. The van der Waals surface area contributed by atoms with E-state index < -0.39 is 10.2 Å². The molecule has 0 saturated carbocycles. The highest BCUT2D eigenvalue weighted by Gasteiger charge is 2.32. The largest absolute Gasteiger partial charge is 0.317 e. The van der Waals surface area contributed by atoms with Crippen LogP contribution in [0.25, 0.3) is 0 Å². The number of rotatable bonds is 9. The topological polar surface area (TPSA) is 55.9 Å². The first-order valence-electron chi connectivity index (χ1n) is 8.09. The lowest BCUT2D eigenvalue weighted by Crippen LogP contribution is -2.56. The number of piperazine rings is 1. The van der Waals surface area contributed by atoms with Crippen LogP contribution in [0.15, 0.2) is 0 Å². The molecule has 1 atom stereocenters. The van der Waals surface area contributed by atoms with Crippen LogP contribution in [0.4, 0.5) is 0 Å². The van der Waals surface area contributed by atoms with Crippen LogP contribution >= 0.6 is 0 Å². The highest BCUT2D eigenvalue weighted by atomic mass is 32.2. The Bertz CT molecular complexity index is 388. The smallest absolute Gasteiger partial charge is 0.281 e. The van der Waals surface area contributed by atoms with E-state index in [1.54, 1.807) is 11.4 Å². The Labute approximate surface area is 130 Å². The van der Waals surface area contributed by atoms with Crippen molar-refractivity contribution in [1.29, 1.82) is 0 Å². The van der Waals surface area contributed by atoms with Crippen LogP contribution in [0.3, 0.4) is 0 Å². The Morgan fingerprint density at radius 2 is 1.95 bits per heavy atom. The number of nitrogens with one attached hydrogen (secondary N) is 1. The zero-order chi connectivity index (χ0) is 15.9. The van der Waals surface area contributed by atoms with Crippen molar-refractivity contribution in [2.24, 2.45) is 0 Å². The number of nitrogens with zero attached hydrogens (tertiary/aromatic N) is 3. The van der Waals surface area contributed by atoms with Crippen LogP contribution in [0.2, 0.25) is 0 Å². The maximum Gasteiger partial charge on any atom is 0.281 e. The molecule has 0 aromatic heterocycles. The molecule has 0 aliphatic carbocycles. The Hall–Kier alpha value is -0.210. The molecule has 1 N–H and O–H groups in total. The fraction of sp³-hybridized carbons (Fsp3) is 1.00. The molecule has 0 bridgehead atoms. The molecule has 0 aromatic rings. The van der Waals surface area contributed by atoms with E-state index in [1.165, 1.54) is 4.31 Å². The Morgan fingerprint density at radius 1 is 1.24 bits per heavy atom. The van der Waals surface area contributed by atoms with E-state index in [9.17, 15) is 8.42 Å². The molecule has 7 heteroatoms. The van der Waals surface area contributed by atoms with Gasteiger partial charge in [0.05, 0.1) is 0 Å². The molecule has 1 fully saturated rings. The zero-order valence-corrected chi connectivity index (χ0v) is 14.8. The summed E-state index contributed by atoms with van der Waals surface area (Å²) in [7, 11) is -1.62. The maximum atomic E-state index is 12.6. The molecule has 1 rings (SSSR count). The molecule has 0 amide bonds. The first-order valence-corrected chi connectivity index (χ1v) is 9.49. The summed E-state index contributed by atoms with van der Waals surface area (Å²) >= 11 is 0. The van der Waals surface area contributed by atoms with Gasteiger partial charge in [-0.3, -0.25) is 4.90 Å². The normalized spacial score (nSPS) is 22.0. The summed E-state index contributed by atoms with van der Waals surface area (Å²) in [6.45, 7) is 11.8. The van der Waals surface area contributed by atoms with E-state index in [0.717, 1.165) is 39.0 Å². The summed E-state index contributed by atoms with van der Waals surface area (Å²) < 4.78 is 28.2. The van der Waals surface area contributed by atoms with E-state index in [-0.39, 0.29) is 6.04 Å². The molecule has 6 nitrogen and oxygen atoms in total. The summed E-state index contributed by atoms with van der Waals surface area (Å²) in [5.74, 6) is 0. The molecule has 126 valence electrons. The average Bonchev–Trinajstić information content (AvgIpc) is 2.46. The van der Waals surface area contributed by atoms with Crippen LogP contribution in [0.1, 0.15) is 33.6 Å². The lowest BCUT2D eigenvalue weighted by Gasteiger charge is -2.39. The van der Waals surface area contributed by atoms with Crippen LogP contribution in [0.5, 0.6) is 0 Å². The maximum absolute atomic E-state index is 12.6. The summed E-state index contributed by atoms with van der Waals surface area (Å²) in [4.78, 5) is 2.32. The van der Waals surface area contributed by atoms with Gasteiger partial charge in [-0.25, -0.2) is 0 Å². The van der Waals surface area contributed by atoms with Crippen molar-refractivity contribution in [3.8, 4) is 0 Å². The van der Waals surface area contributed by atoms with Gasteiger partial charge in [0.2, 0.25) is 0 Å². The van der Waals surface area contributed by atoms with Crippen molar-refractivity contribution >= 4 is 10.2 Å². The molecule has 1 aliphatic heterocycles. The fourth-order valence-electron chi connectivity index (χ4n) is 2.68. The van der Waals surface area contributed by atoms with Crippen LogP contribution in [-0.4, -0.2) is 80.8 Å². The number of hydrogen-bond acceptors (Lipinski definition) is 4. The van der Waals surface area contributed by atoms with Gasteiger partial charge < -0.3 is 5.32 Å². The van der Waals surface area contributed by atoms with Gasteiger partial charge in [-0.05, 0) is 39.4 Å². The minimum atomic E-state index is -3.31. The summed E-state index contributed by atoms with van der Waals surface area (Å²) in [6.07, 6.45) is 1.95. The molecule has 0 radical (unpaired) electrons. The first-order chi connectivity index (χ1) is 9.93. The van der Waals surface area contributed by atoms with Gasteiger partial charge in [-0.2, -0.15) is 17.0 Å². The second-order valence-electron chi connectivity index (χ2n) is 5.77. The summed E-state index contributed by atoms with van der Waals surface area (Å²) in [5, 5.41) is 3.30. The monoisotopic (exact) mass is 320 g/mol. The van der Waals surface area contributed by atoms with Crippen molar-refractivity contribution in [2.45, 2.75) is 39.7 Å². The van der Waals surface area contributed by atoms with Gasteiger partial charge in [-0.15, -0.1) is 0 Å². The third kappa shape index (κ3) is 5.49. The van der Waals surface area contributed by atoms with Gasteiger partial charge in [0.15, 0.2) is 0 Å².